The Bertz CT molecular complexity index is 543. The van der Waals surface area contributed by atoms with Crippen LogP contribution in [0.25, 0.3) is 0 Å². The number of hydrogen-bond acceptors (Lipinski definition) is 9. The van der Waals surface area contributed by atoms with Crippen molar-refractivity contribution in [3.8, 4) is 0 Å². The maximum atomic E-state index is 11.7. The Labute approximate surface area is 151 Å². The molecule has 26 heavy (non-hydrogen) atoms. The van der Waals surface area contributed by atoms with Crippen LogP contribution in [0.4, 0.5) is 0 Å². The van der Waals surface area contributed by atoms with Gasteiger partial charge in [-0.15, -0.1) is 0 Å². The maximum absolute atomic E-state index is 11.7. The van der Waals surface area contributed by atoms with Crippen LogP contribution >= 0.6 is 0 Å². The Morgan fingerprint density at radius 2 is 1.73 bits per heavy atom. The first-order chi connectivity index (χ1) is 12.3. The van der Waals surface area contributed by atoms with E-state index in [1.165, 1.54) is 12.4 Å². The highest BCUT2D eigenvalue weighted by Crippen LogP contribution is 2.16. The molecular formula is C16H27N3O7. The molecule has 10 nitrogen and oxygen atoms in total. The Morgan fingerprint density at radius 1 is 1.08 bits per heavy atom. The van der Waals surface area contributed by atoms with E-state index in [-0.39, 0.29) is 24.4 Å². The molecule has 148 valence electrons. The van der Waals surface area contributed by atoms with Crippen molar-refractivity contribution in [2.24, 2.45) is 0 Å². The van der Waals surface area contributed by atoms with E-state index in [9.17, 15) is 25.2 Å². The Hall–Kier alpha value is -1.69. The molecule has 1 heterocycles. The van der Waals surface area contributed by atoms with Crippen LogP contribution in [0.5, 0.6) is 0 Å². The van der Waals surface area contributed by atoms with E-state index in [0.717, 1.165) is 0 Å². The summed E-state index contributed by atoms with van der Waals surface area (Å²) >= 11 is 0. The lowest BCUT2D eigenvalue weighted by Gasteiger charge is -2.23. The predicted octanol–water partition coefficient (Wildman–Crippen LogP) is -2.60. The monoisotopic (exact) mass is 373 g/mol. The number of amides is 1. The maximum Gasteiger partial charge on any atom is 0.220 e. The molecule has 0 saturated heterocycles. The van der Waals surface area contributed by atoms with Crippen molar-refractivity contribution in [1.29, 1.82) is 0 Å². The Morgan fingerprint density at radius 3 is 2.23 bits per heavy atom. The number of aromatic nitrogens is 2. The van der Waals surface area contributed by atoms with Crippen molar-refractivity contribution in [1.82, 2.24) is 15.3 Å². The third kappa shape index (κ3) is 6.56. The van der Waals surface area contributed by atoms with Crippen LogP contribution in [-0.2, 0) is 11.2 Å². The van der Waals surface area contributed by atoms with Gasteiger partial charge in [-0.2, -0.15) is 0 Å². The summed E-state index contributed by atoms with van der Waals surface area (Å²) in [5.41, 5.74) is 0.371. The van der Waals surface area contributed by atoms with E-state index in [1.807, 2.05) is 6.92 Å². The zero-order chi connectivity index (χ0) is 19.7. The van der Waals surface area contributed by atoms with Gasteiger partial charge in [0.15, 0.2) is 0 Å². The van der Waals surface area contributed by atoms with E-state index in [2.05, 4.69) is 15.3 Å². The van der Waals surface area contributed by atoms with Crippen LogP contribution in [0.15, 0.2) is 12.4 Å². The van der Waals surface area contributed by atoms with E-state index >= 15 is 0 Å². The smallest absolute Gasteiger partial charge is 0.220 e. The summed E-state index contributed by atoms with van der Waals surface area (Å²) in [6.07, 6.45) is -2.36. The zero-order valence-electron chi connectivity index (χ0n) is 14.6. The lowest BCUT2D eigenvalue weighted by atomic mass is 10.0. The lowest BCUT2D eigenvalue weighted by molar-refractivity contribution is -0.122. The van der Waals surface area contributed by atoms with Crippen LogP contribution in [0, 0.1) is 0 Å². The highest BCUT2D eigenvalue weighted by molar-refractivity contribution is 5.76. The van der Waals surface area contributed by atoms with E-state index < -0.39 is 43.7 Å². The van der Waals surface area contributed by atoms with E-state index in [4.69, 9.17) is 10.2 Å². The molecule has 0 saturated carbocycles. The van der Waals surface area contributed by atoms with Gasteiger partial charge in [0, 0.05) is 19.0 Å². The number of nitrogens with zero attached hydrogens (tertiary/aromatic N) is 2. The predicted molar refractivity (Wildman–Crippen MR) is 89.7 cm³/mol. The second-order valence-electron chi connectivity index (χ2n) is 6.00. The fourth-order valence-electron chi connectivity index (χ4n) is 2.26. The largest absolute Gasteiger partial charge is 0.394 e. The van der Waals surface area contributed by atoms with Crippen molar-refractivity contribution in [3.05, 3.63) is 23.8 Å². The number of rotatable bonds is 11. The van der Waals surface area contributed by atoms with Crippen LogP contribution in [0.2, 0.25) is 0 Å². The fourth-order valence-corrected chi connectivity index (χ4v) is 2.26. The topological polar surface area (TPSA) is 176 Å². The average Bonchev–Trinajstić information content (AvgIpc) is 2.65. The van der Waals surface area contributed by atoms with Crippen LogP contribution in [-0.4, -0.2) is 84.1 Å². The molecule has 1 rings (SSSR count). The molecule has 1 amide bonds. The average molecular weight is 373 g/mol. The van der Waals surface area contributed by atoms with Crippen molar-refractivity contribution < 1.29 is 35.4 Å². The van der Waals surface area contributed by atoms with Crippen molar-refractivity contribution in [2.45, 2.75) is 56.6 Å². The summed E-state index contributed by atoms with van der Waals surface area (Å²) in [6.45, 7) is 0.586. The standard InChI is InChI=1S/C16H27N3O7/c1-2-3-14(24)19-10(12(22)7-20)4-9-5-18-11(6-17-9)15(25)16(26)13(23)8-21/h5-6,10,12-13,15-16,20-23,25-26H,2-4,7-8H2,1H3,(H,19,24)/t10-,12-,13-,15-,16-/m1/s1. The minimum Gasteiger partial charge on any atom is -0.394 e. The molecule has 0 aliphatic rings. The molecule has 10 heteroatoms. The molecular weight excluding hydrogens is 346 g/mol. The highest BCUT2D eigenvalue weighted by atomic mass is 16.4. The molecule has 0 aliphatic heterocycles. The van der Waals surface area contributed by atoms with E-state index in [0.29, 0.717) is 12.1 Å². The molecule has 0 radical (unpaired) electrons. The van der Waals surface area contributed by atoms with Gasteiger partial charge in [0.1, 0.15) is 18.3 Å². The molecule has 0 spiro atoms. The summed E-state index contributed by atoms with van der Waals surface area (Å²) < 4.78 is 0. The zero-order valence-corrected chi connectivity index (χ0v) is 14.6. The van der Waals surface area contributed by atoms with Crippen molar-refractivity contribution >= 4 is 5.91 Å². The first kappa shape index (κ1) is 22.4. The van der Waals surface area contributed by atoms with Gasteiger partial charge in [0.05, 0.1) is 42.9 Å². The van der Waals surface area contributed by atoms with Gasteiger partial charge in [-0.05, 0) is 6.42 Å². The van der Waals surface area contributed by atoms with Gasteiger partial charge < -0.3 is 36.0 Å². The number of carbonyl (C=O) groups is 1. The van der Waals surface area contributed by atoms with Gasteiger partial charge in [0.2, 0.25) is 5.91 Å². The molecule has 0 aromatic carbocycles. The molecule has 1 aromatic rings. The van der Waals surface area contributed by atoms with Gasteiger partial charge in [-0.25, -0.2) is 0 Å². The van der Waals surface area contributed by atoms with Crippen molar-refractivity contribution in [3.63, 3.8) is 0 Å². The number of hydrogen-bond donors (Lipinski definition) is 7. The third-order valence-electron chi connectivity index (χ3n) is 3.84. The minimum atomic E-state index is -1.63. The molecule has 0 unspecified atom stereocenters. The van der Waals surface area contributed by atoms with Gasteiger partial charge in [-0.1, -0.05) is 6.92 Å². The third-order valence-corrected chi connectivity index (χ3v) is 3.84. The molecule has 7 N–H and O–H groups in total. The minimum absolute atomic E-state index is 0.0111. The summed E-state index contributed by atoms with van der Waals surface area (Å²) in [5, 5.41) is 59.4. The second kappa shape index (κ2) is 11.1. The summed E-state index contributed by atoms with van der Waals surface area (Å²) in [4.78, 5) is 19.7. The van der Waals surface area contributed by atoms with Crippen LogP contribution in [0.1, 0.15) is 37.3 Å². The molecule has 0 bridgehead atoms. The number of nitrogens with one attached hydrogen (secondary N) is 1. The summed E-state index contributed by atoms with van der Waals surface area (Å²) in [6, 6.07) is -0.758. The molecule has 0 aliphatic carbocycles. The molecule has 5 atom stereocenters. The highest BCUT2D eigenvalue weighted by Gasteiger charge is 2.27. The summed E-state index contributed by atoms with van der Waals surface area (Å²) in [5.74, 6) is -0.258. The first-order valence-electron chi connectivity index (χ1n) is 8.38. The van der Waals surface area contributed by atoms with E-state index in [1.54, 1.807) is 0 Å². The van der Waals surface area contributed by atoms with Crippen LogP contribution < -0.4 is 5.32 Å². The van der Waals surface area contributed by atoms with Gasteiger partial charge in [-0.3, -0.25) is 14.8 Å². The number of aliphatic hydroxyl groups excluding tert-OH is 6. The second-order valence-corrected chi connectivity index (χ2v) is 6.00. The molecule has 0 fully saturated rings. The normalized spacial score (nSPS) is 17.2. The van der Waals surface area contributed by atoms with Crippen molar-refractivity contribution in [2.75, 3.05) is 13.2 Å². The first-order valence-corrected chi connectivity index (χ1v) is 8.38. The summed E-state index contributed by atoms with van der Waals surface area (Å²) in [7, 11) is 0. The molecule has 1 aromatic heterocycles. The fraction of sp³-hybridized carbons (Fsp3) is 0.688. The Kier molecular flexibility index (Phi) is 9.55. The quantitative estimate of drug-likeness (QED) is 0.219. The SMILES string of the molecule is CCCC(=O)N[C@H](Cc1cnc([C@@H](O)[C@H](O)[C@H](O)CO)cn1)[C@H](O)CO. The number of aliphatic hydroxyl groups is 6. The Balaban J connectivity index is 2.80. The van der Waals surface area contributed by atoms with Crippen LogP contribution in [0.3, 0.4) is 0 Å². The van der Waals surface area contributed by atoms with Gasteiger partial charge >= 0.3 is 0 Å². The lowest BCUT2D eigenvalue weighted by Crippen LogP contribution is -2.46. The number of carbonyl (C=O) groups excluding carboxylic acids is 1. The van der Waals surface area contributed by atoms with Gasteiger partial charge in [0.25, 0.3) is 0 Å².